The Morgan fingerprint density at radius 2 is 2.35 bits per heavy atom. The summed E-state index contributed by atoms with van der Waals surface area (Å²) in [7, 11) is 0. The molecule has 0 radical (unpaired) electrons. The number of hydrogen-bond donors (Lipinski definition) is 1. The van der Waals surface area contributed by atoms with Crippen molar-refractivity contribution in [2.45, 2.75) is 19.4 Å². The first-order valence-electron chi connectivity index (χ1n) is 5.56. The van der Waals surface area contributed by atoms with Crippen LogP contribution in [0, 0.1) is 6.92 Å². The molecule has 0 amide bonds. The Hall–Kier alpha value is -1.46. The lowest BCUT2D eigenvalue weighted by atomic mass is 10.0. The highest BCUT2D eigenvalue weighted by Crippen LogP contribution is 2.36. The van der Waals surface area contributed by atoms with Gasteiger partial charge in [-0.2, -0.15) is 0 Å². The van der Waals surface area contributed by atoms with Crippen LogP contribution in [-0.2, 0) is 6.42 Å². The van der Waals surface area contributed by atoms with Crippen LogP contribution in [0.5, 0.6) is 5.75 Å². The van der Waals surface area contributed by atoms with Crippen LogP contribution in [0.15, 0.2) is 18.2 Å². The van der Waals surface area contributed by atoms with E-state index >= 15 is 0 Å². The van der Waals surface area contributed by atoms with Gasteiger partial charge in [-0.05, 0) is 24.0 Å². The monoisotopic (exact) mass is 247 g/mol. The van der Waals surface area contributed by atoms with E-state index in [-0.39, 0.29) is 6.04 Å². The smallest absolute Gasteiger partial charge is 0.127 e. The molecule has 0 aliphatic carbocycles. The number of nitrogens with zero attached hydrogens (tertiary/aromatic N) is 2. The van der Waals surface area contributed by atoms with Crippen LogP contribution in [0.3, 0.4) is 0 Å². The van der Waals surface area contributed by atoms with Crippen molar-refractivity contribution in [3.05, 3.63) is 39.9 Å². The molecule has 1 unspecified atom stereocenters. The van der Waals surface area contributed by atoms with Gasteiger partial charge in [0, 0.05) is 12.0 Å². The summed E-state index contributed by atoms with van der Waals surface area (Å²) >= 11 is 1.36. The van der Waals surface area contributed by atoms with E-state index in [2.05, 4.69) is 15.7 Å². The number of nitrogens with two attached hydrogens (primary N) is 1. The first kappa shape index (κ1) is 10.7. The molecule has 2 N–H and O–H groups in total. The van der Waals surface area contributed by atoms with Gasteiger partial charge in [0.1, 0.15) is 5.75 Å². The summed E-state index contributed by atoms with van der Waals surface area (Å²) in [5, 5.41) is 4.00. The fraction of sp³-hybridized carbons (Fsp3) is 0.333. The maximum Gasteiger partial charge on any atom is 0.127 e. The number of aryl methyl sites for hydroxylation is 1. The first-order valence-corrected chi connectivity index (χ1v) is 6.33. The van der Waals surface area contributed by atoms with E-state index in [1.807, 2.05) is 19.1 Å². The van der Waals surface area contributed by atoms with Crippen molar-refractivity contribution in [2.24, 2.45) is 5.73 Å². The van der Waals surface area contributed by atoms with E-state index in [1.165, 1.54) is 17.1 Å². The second kappa shape index (κ2) is 4.09. The minimum Gasteiger partial charge on any atom is -0.493 e. The highest BCUT2D eigenvalue weighted by atomic mass is 32.1. The molecule has 0 saturated carbocycles. The number of para-hydroxylation sites is 1. The van der Waals surface area contributed by atoms with Gasteiger partial charge in [0.2, 0.25) is 0 Å². The second-order valence-electron chi connectivity index (χ2n) is 4.13. The minimum atomic E-state index is -0.192. The van der Waals surface area contributed by atoms with Crippen molar-refractivity contribution in [3.63, 3.8) is 0 Å². The molecule has 17 heavy (non-hydrogen) atoms. The molecule has 2 heterocycles. The van der Waals surface area contributed by atoms with Crippen LogP contribution in [0.1, 0.15) is 27.7 Å². The molecule has 4 nitrogen and oxygen atoms in total. The van der Waals surface area contributed by atoms with E-state index in [1.54, 1.807) is 0 Å². The molecule has 1 aliphatic rings. The minimum absolute atomic E-state index is 0.192. The molecular weight excluding hydrogens is 234 g/mol. The number of benzene rings is 1. The van der Waals surface area contributed by atoms with Crippen LogP contribution in [0.2, 0.25) is 0 Å². The van der Waals surface area contributed by atoms with Gasteiger partial charge in [-0.15, -0.1) is 5.10 Å². The fourth-order valence-electron chi connectivity index (χ4n) is 2.15. The van der Waals surface area contributed by atoms with Gasteiger partial charge in [0.15, 0.2) is 0 Å². The van der Waals surface area contributed by atoms with Crippen LogP contribution in [0.4, 0.5) is 0 Å². The lowest BCUT2D eigenvalue weighted by Gasteiger charge is -2.14. The predicted molar refractivity (Wildman–Crippen MR) is 66.3 cm³/mol. The van der Waals surface area contributed by atoms with Gasteiger partial charge < -0.3 is 10.5 Å². The molecule has 0 spiro atoms. The standard InChI is InChI=1S/C12H13N3OS/c1-7-12(17-15-14-7)10(13)9-4-2-3-8-5-6-16-11(8)9/h2-4,10H,5-6,13H2,1H3. The normalized spacial score (nSPS) is 15.4. The highest BCUT2D eigenvalue weighted by molar-refractivity contribution is 7.05. The SMILES string of the molecule is Cc1nnsc1C(N)c1cccc2c1OCC2. The van der Waals surface area contributed by atoms with E-state index in [4.69, 9.17) is 10.5 Å². The largest absolute Gasteiger partial charge is 0.493 e. The number of rotatable bonds is 2. The summed E-state index contributed by atoms with van der Waals surface area (Å²) < 4.78 is 9.61. The number of fused-ring (bicyclic) bond motifs is 1. The highest BCUT2D eigenvalue weighted by Gasteiger charge is 2.23. The average Bonchev–Trinajstić information content (AvgIpc) is 2.95. The Balaban J connectivity index is 2.05. The van der Waals surface area contributed by atoms with E-state index in [9.17, 15) is 0 Å². The lowest BCUT2D eigenvalue weighted by molar-refractivity contribution is 0.352. The zero-order chi connectivity index (χ0) is 11.8. The van der Waals surface area contributed by atoms with E-state index < -0.39 is 0 Å². The molecule has 0 bridgehead atoms. The van der Waals surface area contributed by atoms with Gasteiger partial charge in [0.05, 0.1) is 23.2 Å². The van der Waals surface area contributed by atoms with E-state index in [0.717, 1.165) is 34.9 Å². The van der Waals surface area contributed by atoms with Gasteiger partial charge >= 0.3 is 0 Å². The number of aromatic nitrogens is 2. The summed E-state index contributed by atoms with van der Waals surface area (Å²) in [4.78, 5) is 1.01. The summed E-state index contributed by atoms with van der Waals surface area (Å²) in [6.45, 7) is 2.68. The van der Waals surface area contributed by atoms with Gasteiger partial charge in [-0.1, -0.05) is 22.7 Å². The molecule has 0 saturated heterocycles. The Kier molecular flexibility index (Phi) is 2.57. The molecule has 1 aliphatic heterocycles. The molecule has 3 rings (SSSR count). The van der Waals surface area contributed by atoms with Crippen molar-refractivity contribution >= 4 is 11.5 Å². The quantitative estimate of drug-likeness (QED) is 0.879. The van der Waals surface area contributed by atoms with Crippen LogP contribution >= 0.6 is 11.5 Å². The summed E-state index contributed by atoms with van der Waals surface area (Å²) in [5.41, 5.74) is 9.47. The molecule has 1 aromatic carbocycles. The molecule has 1 atom stereocenters. The first-order chi connectivity index (χ1) is 8.27. The Bertz CT molecular complexity index is 552. The Labute approximate surface area is 104 Å². The Morgan fingerprint density at radius 1 is 1.47 bits per heavy atom. The third-order valence-corrected chi connectivity index (χ3v) is 3.96. The third kappa shape index (κ3) is 1.71. The molecule has 1 aromatic heterocycles. The zero-order valence-corrected chi connectivity index (χ0v) is 10.3. The lowest BCUT2D eigenvalue weighted by Crippen LogP contribution is -2.12. The van der Waals surface area contributed by atoms with Gasteiger partial charge in [-0.3, -0.25) is 0 Å². The van der Waals surface area contributed by atoms with Crippen molar-refractivity contribution in [3.8, 4) is 5.75 Å². The maximum absolute atomic E-state index is 6.29. The number of hydrogen-bond acceptors (Lipinski definition) is 5. The topological polar surface area (TPSA) is 61.0 Å². The van der Waals surface area contributed by atoms with E-state index in [0.29, 0.717) is 0 Å². The van der Waals surface area contributed by atoms with Crippen LogP contribution in [-0.4, -0.2) is 16.2 Å². The molecule has 88 valence electrons. The van der Waals surface area contributed by atoms with Gasteiger partial charge in [0.25, 0.3) is 0 Å². The molecule has 2 aromatic rings. The Morgan fingerprint density at radius 3 is 3.12 bits per heavy atom. The summed E-state index contributed by atoms with van der Waals surface area (Å²) in [5.74, 6) is 0.952. The molecule has 0 fully saturated rings. The van der Waals surface area contributed by atoms with Crippen molar-refractivity contribution < 1.29 is 4.74 Å². The molecular formula is C12H13N3OS. The molecule has 5 heteroatoms. The fourth-order valence-corrected chi connectivity index (χ4v) is 2.81. The van der Waals surface area contributed by atoms with Crippen molar-refractivity contribution in [2.75, 3.05) is 6.61 Å². The van der Waals surface area contributed by atoms with Crippen LogP contribution < -0.4 is 10.5 Å². The third-order valence-electron chi connectivity index (χ3n) is 3.05. The average molecular weight is 247 g/mol. The number of ether oxygens (including phenoxy) is 1. The predicted octanol–water partition coefficient (Wildman–Crippen LogP) is 1.83. The van der Waals surface area contributed by atoms with Crippen molar-refractivity contribution in [1.29, 1.82) is 0 Å². The maximum atomic E-state index is 6.29. The summed E-state index contributed by atoms with van der Waals surface area (Å²) in [6, 6.07) is 5.96. The summed E-state index contributed by atoms with van der Waals surface area (Å²) in [6.07, 6.45) is 0.968. The zero-order valence-electron chi connectivity index (χ0n) is 9.51. The van der Waals surface area contributed by atoms with Gasteiger partial charge in [-0.25, -0.2) is 0 Å². The van der Waals surface area contributed by atoms with Crippen LogP contribution in [0.25, 0.3) is 0 Å². The van der Waals surface area contributed by atoms with Crippen molar-refractivity contribution in [1.82, 2.24) is 9.59 Å². The second-order valence-corrected chi connectivity index (χ2v) is 4.92.